The molecule has 0 aliphatic rings. The topological polar surface area (TPSA) is 50.4 Å². The first-order valence-corrected chi connectivity index (χ1v) is 5.51. The molecule has 0 atom stereocenters. The van der Waals surface area contributed by atoms with E-state index in [0.717, 1.165) is 0 Å². The third-order valence-corrected chi connectivity index (χ3v) is 2.61. The molecule has 2 aromatic rings. The van der Waals surface area contributed by atoms with Gasteiger partial charge in [-0.1, -0.05) is 18.2 Å². The maximum Gasteiger partial charge on any atom is 0.461 e. The molecule has 1 aromatic carbocycles. The second-order valence-electron chi connectivity index (χ2n) is 4.11. The van der Waals surface area contributed by atoms with E-state index in [-0.39, 0.29) is 17.4 Å². The molecule has 0 amide bonds. The summed E-state index contributed by atoms with van der Waals surface area (Å²) in [6, 6.07) is 7.50. The molecule has 0 spiro atoms. The van der Waals surface area contributed by atoms with E-state index >= 15 is 0 Å². The summed E-state index contributed by atoms with van der Waals surface area (Å²) >= 11 is 0. The predicted octanol–water partition coefficient (Wildman–Crippen LogP) is 4.10. The van der Waals surface area contributed by atoms with Crippen LogP contribution in [0.25, 0.3) is 16.7 Å². The van der Waals surface area contributed by atoms with E-state index in [9.17, 15) is 31.9 Å². The molecule has 112 valence electrons. The summed E-state index contributed by atoms with van der Waals surface area (Å²) in [5, 5.41) is 9.96. The van der Waals surface area contributed by atoms with Gasteiger partial charge < -0.3 is 9.52 Å². The number of allylic oxidation sites excluding steroid dienone is 1. The van der Waals surface area contributed by atoms with Crippen LogP contribution in [0.5, 0.6) is 0 Å². The van der Waals surface area contributed by atoms with Crippen molar-refractivity contribution in [3.8, 4) is 0 Å². The van der Waals surface area contributed by atoms with Gasteiger partial charge in [-0.25, -0.2) is 0 Å². The summed E-state index contributed by atoms with van der Waals surface area (Å²) < 4.78 is 66.5. The Labute approximate surface area is 114 Å². The van der Waals surface area contributed by atoms with Crippen LogP contribution in [0.3, 0.4) is 0 Å². The van der Waals surface area contributed by atoms with Gasteiger partial charge in [-0.3, -0.25) is 4.79 Å². The van der Waals surface area contributed by atoms with Crippen molar-refractivity contribution in [3.05, 3.63) is 42.2 Å². The minimum atomic E-state index is -6.03. The molecule has 1 N–H and O–H groups in total. The van der Waals surface area contributed by atoms with E-state index in [2.05, 4.69) is 0 Å². The zero-order chi connectivity index (χ0) is 15.8. The number of benzene rings is 1. The first kappa shape index (κ1) is 15.0. The normalized spacial score (nSPS) is 13.7. The van der Waals surface area contributed by atoms with Gasteiger partial charge in [0.25, 0.3) is 0 Å². The largest absolute Gasteiger partial charge is 0.504 e. The molecule has 1 aromatic heterocycles. The molecule has 0 bridgehead atoms. The Morgan fingerprint density at radius 3 is 2.33 bits per heavy atom. The zero-order valence-corrected chi connectivity index (χ0v) is 10.1. The molecular formula is C13H7F5O3. The van der Waals surface area contributed by atoms with Crippen LogP contribution in [0.15, 0.2) is 40.8 Å². The minimum Gasteiger partial charge on any atom is -0.504 e. The lowest BCUT2D eigenvalue weighted by molar-refractivity contribution is -0.266. The van der Waals surface area contributed by atoms with Crippen molar-refractivity contribution in [2.75, 3.05) is 0 Å². The number of carbonyl (C=O) groups is 1. The van der Waals surface area contributed by atoms with Gasteiger partial charge in [-0.15, -0.1) is 0 Å². The fourth-order valence-corrected chi connectivity index (χ4v) is 1.53. The number of hydrogen-bond acceptors (Lipinski definition) is 3. The number of hydrogen-bond donors (Lipinski definition) is 1. The van der Waals surface area contributed by atoms with Crippen molar-refractivity contribution >= 4 is 22.5 Å². The van der Waals surface area contributed by atoms with Crippen LogP contribution in [0, 0.1) is 0 Å². The third kappa shape index (κ3) is 2.74. The minimum absolute atomic E-state index is 0.203. The number of aliphatic hydroxyl groups excluding tert-OH is 1. The number of carbonyl (C=O) groups excluding carboxylic acids is 1. The highest BCUT2D eigenvalue weighted by Gasteiger charge is 2.62. The van der Waals surface area contributed by atoms with Gasteiger partial charge in [0.15, 0.2) is 11.5 Å². The van der Waals surface area contributed by atoms with Gasteiger partial charge in [0.1, 0.15) is 5.58 Å². The highest BCUT2D eigenvalue weighted by Crippen LogP contribution is 2.37. The second-order valence-corrected chi connectivity index (χ2v) is 4.11. The fourth-order valence-electron chi connectivity index (χ4n) is 1.53. The van der Waals surface area contributed by atoms with Crippen LogP contribution >= 0.6 is 0 Å². The molecule has 2 rings (SSSR count). The standard InChI is InChI=1S/C13H7F5O3/c14-12(15,13(16,17)18)11(20)6-8(19)10-5-7-3-1-2-4-9(7)21-10/h1-6,19H. The highest BCUT2D eigenvalue weighted by atomic mass is 19.4. The van der Waals surface area contributed by atoms with Crippen LogP contribution < -0.4 is 0 Å². The fraction of sp³-hybridized carbons (Fsp3) is 0.154. The molecule has 0 fully saturated rings. The van der Waals surface area contributed by atoms with E-state index in [0.29, 0.717) is 5.39 Å². The van der Waals surface area contributed by atoms with Crippen molar-refractivity contribution in [1.82, 2.24) is 0 Å². The van der Waals surface area contributed by atoms with Crippen LogP contribution in [0.4, 0.5) is 22.0 Å². The number of fused-ring (bicyclic) bond motifs is 1. The molecule has 1 heterocycles. The lowest BCUT2D eigenvalue weighted by Gasteiger charge is -2.16. The zero-order valence-electron chi connectivity index (χ0n) is 10.1. The molecule has 0 aliphatic carbocycles. The van der Waals surface area contributed by atoms with Crippen LogP contribution in [0.1, 0.15) is 5.76 Å². The van der Waals surface area contributed by atoms with Crippen LogP contribution in [-0.2, 0) is 4.79 Å². The van der Waals surface area contributed by atoms with Crippen molar-refractivity contribution in [1.29, 1.82) is 0 Å². The van der Waals surface area contributed by atoms with Crippen molar-refractivity contribution < 1.29 is 36.3 Å². The first-order valence-electron chi connectivity index (χ1n) is 5.51. The van der Waals surface area contributed by atoms with E-state index in [4.69, 9.17) is 4.42 Å². The summed E-state index contributed by atoms with van der Waals surface area (Å²) in [6.45, 7) is 0. The van der Waals surface area contributed by atoms with Crippen LogP contribution in [0.2, 0.25) is 0 Å². The predicted molar refractivity (Wildman–Crippen MR) is 62.8 cm³/mol. The van der Waals surface area contributed by atoms with E-state index < -0.39 is 23.6 Å². The van der Waals surface area contributed by atoms with E-state index in [1.54, 1.807) is 18.2 Å². The molecule has 8 heteroatoms. The van der Waals surface area contributed by atoms with E-state index in [1.165, 1.54) is 12.1 Å². The Morgan fingerprint density at radius 2 is 1.76 bits per heavy atom. The SMILES string of the molecule is O=C(C=C(O)c1cc2ccccc2o1)C(F)(F)C(F)(F)F. The lowest BCUT2D eigenvalue weighted by atomic mass is 10.1. The molecule has 0 saturated carbocycles. The number of aliphatic hydroxyl groups is 1. The van der Waals surface area contributed by atoms with Gasteiger partial charge in [0, 0.05) is 11.5 Å². The third-order valence-electron chi connectivity index (χ3n) is 2.61. The molecule has 0 unspecified atom stereocenters. The molecule has 3 nitrogen and oxygen atoms in total. The van der Waals surface area contributed by atoms with Crippen molar-refractivity contribution in [3.63, 3.8) is 0 Å². The van der Waals surface area contributed by atoms with Gasteiger partial charge >= 0.3 is 12.1 Å². The van der Waals surface area contributed by atoms with Crippen molar-refractivity contribution in [2.24, 2.45) is 0 Å². The number of halogens is 5. The summed E-state index contributed by atoms with van der Waals surface area (Å²) in [7, 11) is 0. The summed E-state index contributed by atoms with van der Waals surface area (Å²) in [4.78, 5) is 11.0. The van der Waals surface area contributed by atoms with Crippen LogP contribution in [-0.4, -0.2) is 23.0 Å². The highest BCUT2D eigenvalue weighted by molar-refractivity contribution is 6.00. The summed E-state index contributed by atoms with van der Waals surface area (Å²) in [5.41, 5.74) is 0.280. The molecule has 0 aliphatic heterocycles. The Morgan fingerprint density at radius 1 is 1.14 bits per heavy atom. The second kappa shape index (κ2) is 4.87. The number of ketones is 1. The summed E-state index contributed by atoms with van der Waals surface area (Å²) in [5.74, 6) is -9.65. The Hall–Kier alpha value is -2.38. The van der Waals surface area contributed by atoms with Gasteiger partial charge in [0.05, 0.1) is 0 Å². The quantitative estimate of drug-likeness (QED) is 0.527. The van der Waals surface area contributed by atoms with Gasteiger partial charge in [-0.2, -0.15) is 22.0 Å². The van der Waals surface area contributed by atoms with Gasteiger partial charge in [-0.05, 0) is 12.1 Å². The average molecular weight is 306 g/mol. The van der Waals surface area contributed by atoms with E-state index in [1.807, 2.05) is 0 Å². The summed E-state index contributed by atoms with van der Waals surface area (Å²) in [6.07, 6.45) is -6.24. The maximum absolute atomic E-state index is 12.7. The van der Waals surface area contributed by atoms with Gasteiger partial charge in [0.2, 0.25) is 5.78 Å². The number of furan rings is 1. The monoisotopic (exact) mass is 306 g/mol. The molecular weight excluding hydrogens is 299 g/mol. The number of rotatable bonds is 3. The maximum atomic E-state index is 12.7. The van der Waals surface area contributed by atoms with Crippen molar-refractivity contribution in [2.45, 2.75) is 12.1 Å². The Kier molecular flexibility index (Phi) is 3.48. The number of para-hydroxylation sites is 1. The Bertz CT molecular complexity index is 679. The molecule has 0 saturated heterocycles. The Balaban J connectivity index is 2.34. The first-order chi connectivity index (χ1) is 9.63. The molecule has 0 radical (unpaired) electrons. The lowest BCUT2D eigenvalue weighted by Crippen LogP contribution is -2.43. The smallest absolute Gasteiger partial charge is 0.461 e. The molecule has 21 heavy (non-hydrogen) atoms. The number of alkyl halides is 5. The average Bonchev–Trinajstić information content (AvgIpc) is 2.80.